The van der Waals surface area contributed by atoms with Crippen molar-refractivity contribution in [2.24, 2.45) is 0 Å². The predicted molar refractivity (Wildman–Crippen MR) is 150 cm³/mol. The number of H-pyrrole nitrogens is 2. The molecule has 5 aromatic rings. The monoisotopic (exact) mass is 660 g/mol. The lowest BCUT2D eigenvalue weighted by Gasteiger charge is -2.17. The minimum atomic E-state index is -4.52. The van der Waals surface area contributed by atoms with E-state index in [4.69, 9.17) is 0 Å². The van der Waals surface area contributed by atoms with Gasteiger partial charge in [0.05, 0.1) is 28.1 Å². The molecular weight excluding hydrogens is 641 g/mol. The van der Waals surface area contributed by atoms with Crippen molar-refractivity contribution in [1.29, 1.82) is 0 Å². The van der Waals surface area contributed by atoms with Gasteiger partial charge in [-0.25, -0.2) is 9.36 Å². The van der Waals surface area contributed by atoms with Crippen LogP contribution in [-0.2, 0) is 6.18 Å². The van der Waals surface area contributed by atoms with Crippen molar-refractivity contribution in [3.8, 4) is 11.4 Å². The molecule has 0 bridgehead atoms. The number of hydrogen-bond acceptors (Lipinski definition) is 2. The second kappa shape index (κ2) is 10.2. The Morgan fingerprint density at radius 3 is 1.41 bits per heavy atom. The zero-order valence-corrected chi connectivity index (χ0v) is 23.8. The Bertz CT molecular complexity index is 1660. The van der Waals surface area contributed by atoms with E-state index >= 15 is 0 Å². The fourth-order valence-corrected chi connectivity index (χ4v) is 5.21. The fraction of sp³-hybridized carbons (Fsp3) is 0.143. The molecule has 0 unspecified atom stereocenters. The molecule has 2 N–H and O–H groups in total. The van der Waals surface area contributed by atoms with E-state index < -0.39 is 28.8 Å². The zero-order chi connectivity index (χ0) is 28.1. The highest BCUT2D eigenvalue weighted by molar-refractivity contribution is 9.10. The Morgan fingerprint density at radius 2 is 1.05 bits per heavy atom. The van der Waals surface area contributed by atoms with Crippen molar-refractivity contribution in [2.45, 2.75) is 25.9 Å². The molecule has 0 spiro atoms. The van der Waals surface area contributed by atoms with Crippen molar-refractivity contribution in [1.82, 2.24) is 19.6 Å². The molecule has 11 heteroatoms. The first-order valence-corrected chi connectivity index (χ1v) is 13.4. The molecule has 2 heterocycles. The van der Waals surface area contributed by atoms with Crippen LogP contribution in [0.25, 0.3) is 11.4 Å². The van der Waals surface area contributed by atoms with Crippen molar-refractivity contribution >= 4 is 31.9 Å². The van der Waals surface area contributed by atoms with Crippen molar-refractivity contribution in [3.63, 3.8) is 0 Å². The number of aryl methyl sites for hydroxylation is 2. The number of nitrogens with one attached hydrogen (secondary N) is 2. The summed E-state index contributed by atoms with van der Waals surface area (Å²) in [6.07, 6.45) is -4.52. The summed E-state index contributed by atoms with van der Waals surface area (Å²) in [5, 5.41) is 6.15. The molecule has 3 aromatic carbocycles. The summed E-state index contributed by atoms with van der Waals surface area (Å²) in [7, 11) is 0. The molecular formula is C28H21Br2F3N4O2. The van der Waals surface area contributed by atoms with Crippen LogP contribution in [0.15, 0.2) is 91.3 Å². The second-order valence-corrected chi connectivity index (χ2v) is 10.9. The van der Waals surface area contributed by atoms with Crippen molar-refractivity contribution < 1.29 is 13.2 Å². The van der Waals surface area contributed by atoms with Crippen molar-refractivity contribution in [3.05, 3.63) is 136 Å². The lowest BCUT2D eigenvalue weighted by molar-refractivity contribution is -0.137. The maximum atomic E-state index is 13.8. The minimum absolute atomic E-state index is 0.264. The molecule has 0 radical (unpaired) electrons. The third-order valence-electron chi connectivity index (χ3n) is 6.55. The van der Waals surface area contributed by atoms with Crippen LogP contribution in [0.4, 0.5) is 13.2 Å². The quantitative estimate of drug-likeness (QED) is 0.213. The molecule has 5 rings (SSSR count). The molecule has 200 valence electrons. The first-order valence-electron chi connectivity index (χ1n) is 11.8. The first-order chi connectivity index (χ1) is 18.5. The van der Waals surface area contributed by atoms with E-state index in [9.17, 15) is 22.8 Å². The van der Waals surface area contributed by atoms with Crippen LogP contribution in [-0.4, -0.2) is 19.6 Å². The van der Waals surface area contributed by atoms with E-state index in [-0.39, 0.29) is 11.1 Å². The lowest BCUT2D eigenvalue weighted by atomic mass is 9.85. The summed E-state index contributed by atoms with van der Waals surface area (Å²) < 4.78 is 44.4. The number of aromatic amines is 2. The zero-order valence-electron chi connectivity index (χ0n) is 20.6. The molecule has 0 amide bonds. The number of rotatable bonds is 5. The summed E-state index contributed by atoms with van der Waals surface area (Å²) in [6, 6.07) is 18.7. The van der Waals surface area contributed by atoms with E-state index in [0.717, 1.165) is 21.1 Å². The smallest absolute Gasteiger partial charge is 0.295 e. The van der Waals surface area contributed by atoms with Gasteiger partial charge in [-0.2, -0.15) is 13.2 Å². The molecule has 0 fully saturated rings. The SMILES string of the molecule is Cc1[nH]n(-c2ccc(Br)cc2)c(=O)c1C(c1ccc(C(F)(F)F)cc1)c1c(C)[nH]n(-c2ccc(Br)cc2)c1=O. The van der Waals surface area contributed by atoms with Gasteiger partial charge in [-0.15, -0.1) is 0 Å². The van der Waals surface area contributed by atoms with Gasteiger partial charge in [-0.05, 0) is 80.1 Å². The van der Waals surface area contributed by atoms with Crippen LogP contribution in [0.1, 0.15) is 39.6 Å². The molecule has 0 aliphatic heterocycles. The Kier molecular flexibility index (Phi) is 7.06. The third kappa shape index (κ3) is 5.08. The van der Waals surface area contributed by atoms with Gasteiger partial charge in [0, 0.05) is 26.3 Å². The van der Waals surface area contributed by atoms with Crippen LogP contribution >= 0.6 is 31.9 Å². The van der Waals surface area contributed by atoms with E-state index in [2.05, 4.69) is 42.1 Å². The number of nitrogens with zero attached hydrogens (tertiary/aromatic N) is 2. The lowest BCUT2D eigenvalue weighted by Crippen LogP contribution is -2.25. The van der Waals surface area contributed by atoms with Gasteiger partial charge >= 0.3 is 6.18 Å². The Morgan fingerprint density at radius 1 is 0.667 bits per heavy atom. The Balaban J connectivity index is 1.74. The van der Waals surface area contributed by atoms with Gasteiger partial charge in [-0.1, -0.05) is 44.0 Å². The van der Waals surface area contributed by atoms with Crippen LogP contribution in [0, 0.1) is 13.8 Å². The van der Waals surface area contributed by atoms with E-state index in [1.807, 2.05) is 0 Å². The summed E-state index contributed by atoms with van der Waals surface area (Å²) in [4.78, 5) is 27.7. The molecule has 6 nitrogen and oxygen atoms in total. The maximum absolute atomic E-state index is 13.8. The van der Waals surface area contributed by atoms with E-state index in [1.54, 1.807) is 62.4 Å². The average Bonchev–Trinajstić information content (AvgIpc) is 3.35. The summed E-state index contributed by atoms with van der Waals surface area (Å²) in [5.74, 6) is -0.937. The molecule has 0 saturated carbocycles. The number of halogens is 5. The largest absolute Gasteiger partial charge is 0.416 e. The van der Waals surface area contributed by atoms with Gasteiger partial charge in [-0.3, -0.25) is 19.8 Å². The van der Waals surface area contributed by atoms with E-state index in [0.29, 0.717) is 28.3 Å². The van der Waals surface area contributed by atoms with Gasteiger partial charge in [0.15, 0.2) is 0 Å². The van der Waals surface area contributed by atoms with Gasteiger partial charge in [0.1, 0.15) is 0 Å². The van der Waals surface area contributed by atoms with Crippen LogP contribution in [0.5, 0.6) is 0 Å². The van der Waals surface area contributed by atoms with Gasteiger partial charge < -0.3 is 0 Å². The number of aromatic nitrogens is 4. The predicted octanol–water partition coefficient (Wildman–Crippen LogP) is 6.99. The van der Waals surface area contributed by atoms with Gasteiger partial charge in [0.25, 0.3) is 11.1 Å². The van der Waals surface area contributed by atoms with Crippen LogP contribution in [0.3, 0.4) is 0 Å². The van der Waals surface area contributed by atoms with Crippen molar-refractivity contribution in [2.75, 3.05) is 0 Å². The summed E-state index contributed by atoms with van der Waals surface area (Å²) in [5.41, 5.74) is 1.40. The summed E-state index contributed by atoms with van der Waals surface area (Å²) in [6.45, 7) is 3.41. The van der Waals surface area contributed by atoms with Crippen LogP contribution < -0.4 is 11.1 Å². The highest BCUT2D eigenvalue weighted by Crippen LogP contribution is 2.35. The standard InChI is InChI=1S/C28H21Br2F3N4O2/c1-15-23(26(38)36(34-15)21-11-7-19(29)8-12-21)25(17-3-5-18(6-4-17)28(31,32)33)24-16(2)35-37(27(24)39)22-13-9-20(30)10-14-22/h3-14,25,34-35H,1-2H3. The number of hydrogen-bond donors (Lipinski definition) is 2. The Hall–Kier alpha value is -3.57. The normalized spacial score (nSPS) is 11.9. The fourth-order valence-electron chi connectivity index (χ4n) is 4.69. The average molecular weight is 662 g/mol. The third-order valence-corrected chi connectivity index (χ3v) is 7.61. The van der Waals surface area contributed by atoms with E-state index in [1.165, 1.54) is 21.5 Å². The summed E-state index contributed by atoms with van der Waals surface area (Å²) >= 11 is 6.76. The maximum Gasteiger partial charge on any atom is 0.416 e. The topological polar surface area (TPSA) is 75.6 Å². The number of benzene rings is 3. The minimum Gasteiger partial charge on any atom is -0.295 e. The van der Waals surface area contributed by atoms with Gasteiger partial charge in [0.2, 0.25) is 0 Å². The molecule has 39 heavy (non-hydrogen) atoms. The molecule has 0 aliphatic rings. The Labute approximate surface area is 237 Å². The first kappa shape index (κ1) is 27.0. The molecule has 0 saturated heterocycles. The molecule has 0 atom stereocenters. The highest BCUT2D eigenvalue weighted by atomic mass is 79.9. The second-order valence-electron chi connectivity index (χ2n) is 9.09. The highest BCUT2D eigenvalue weighted by Gasteiger charge is 2.33. The number of alkyl halides is 3. The molecule has 0 aliphatic carbocycles. The molecule has 2 aromatic heterocycles. The van der Waals surface area contributed by atoms with Crippen LogP contribution in [0.2, 0.25) is 0 Å².